The summed E-state index contributed by atoms with van der Waals surface area (Å²) in [5.41, 5.74) is 2.28. The lowest BCUT2D eigenvalue weighted by Gasteiger charge is -2.26. The summed E-state index contributed by atoms with van der Waals surface area (Å²) < 4.78 is 20.9. The van der Waals surface area contributed by atoms with Gasteiger partial charge in [-0.25, -0.2) is 9.18 Å². The van der Waals surface area contributed by atoms with Crippen LogP contribution in [0.15, 0.2) is 48.5 Å². The molecule has 2 aliphatic carbocycles. The minimum Gasteiger partial charge on any atom is -0.376 e. The van der Waals surface area contributed by atoms with E-state index >= 15 is 4.39 Å². The fourth-order valence-corrected chi connectivity index (χ4v) is 4.89. The standard InChI is InChI=1S/C25H29FN2O2/c1-30-25(12-13-25)16-27-23(29)28-17-24(10-11-24)15-20(28)14-19-8-5-9-21(22(19)26)18-6-3-2-4-7-18/h2-9,20H,10-17H2,1H3,(H,27,29)/t20-/m0/s1. The number of rotatable bonds is 6. The van der Waals surface area contributed by atoms with E-state index in [1.54, 1.807) is 7.11 Å². The first-order valence-electron chi connectivity index (χ1n) is 11.0. The van der Waals surface area contributed by atoms with E-state index in [-0.39, 0.29) is 28.9 Å². The minimum atomic E-state index is -0.169. The predicted octanol–water partition coefficient (Wildman–Crippen LogP) is 4.78. The summed E-state index contributed by atoms with van der Waals surface area (Å²) >= 11 is 0. The molecule has 5 rings (SSSR count). The van der Waals surface area contributed by atoms with Gasteiger partial charge >= 0.3 is 6.03 Å². The number of nitrogens with zero attached hydrogens (tertiary/aromatic N) is 1. The molecule has 1 spiro atoms. The van der Waals surface area contributed by atoms with Gasteiger partial charge in [-0.3, -0.25) is 0 Å². The SMILES string of the molecule is COC1(CNC(=O)N2CC3(CC3)C[C@@H]2Cc2cccc(-c3ccccc3)c2F)CC1. The van der Waals surface area contributed by atoms with Crippen LogP contribution in [0.1, 0.15) is 37.7 Å². The summed E-state index contributed by atoms with van der Waals surface area (Å²) in [4.78, 5) is 14.9. The van der Waals surface area contributed by atoms with Crippen molar-refractivity contribution >= 4 is 6.03 Å². The molecule has 2 aromatic carbocycles. The Labute approximate surface area is 177 Å². The maximum absolute atomic E-state index is 15.4. The lowest BCUT2D eigenvalue weighted by Crippen LogP contribution is -2.46. The second kappa shape index (κ2) is 7.38. The van der Waals surface area contributed by atoms with Gasteiger partial charge in [-0.1, -0.05) is 48.5 Å². The van der Waals surface area contributed by atoms with Gasteiger partial charge in [-0.15, -0.1) is 0 Å². The van der Waals surface area contributed by atoms with Crippen molar-refractivity contribution in [3.63, 3.8) is 0 Å². The number of ether oxygens (including phenoxy) is 1. The van der Waals surface area contributed by atoms with E-state index in [0.29, 0.717) is 24.1 Å². The van der Waals surface area contributed by atoms with Gasteiger partial charge < -0.3 is 15.0 Å². The zero-order chi connectivity index (χ0) is 20.8. The molecule has 0 aromatic heterocycles. The Morgan fingerprint density at radius 1 is 1.13 bits per heavy atom. The number of benzene rings is 2. The molecule has 4 nitrogen and oxygen atoms in total. The van der Waals surface area contributed by atoms with Gasteiger partial charge in [0.05, 0.1) is 5.60 Å². The zero-order valence-corrected chi connectivity index (χ0v) is 17.5. The van der Waals surface area contributed by atoms with Crippen LogP contribution >= 0.6 is 0 Å². The molecule has 0 unspecified atom stereocenters. The molecular weight excluding hydrogens is 379 g/mol. The van der Waals surface area contributed by atoms with Crippen molar-refractivity contribution in [3.8, 4) is 11.1 Å². The van der Waals surface area contributed by atoms with Crippen molar-refractivity contribution in [2.45, 2.75) is 50.2 Å². The van der Waals surface area contributed by atoms with Crippen LogP contribution in [0.3, 0.4) is 0 Å². The van der Waals surface area contributed by atoms with Crippen molar-refractivity contribution in [3.05, 3.63) is 59.9 Å². The highest BCUT2D eigenvalue weighted by molar-refractivity contribution is 5.75. The van der Waals surface area contributed by atoms with Crippen molar-refractivity contribution in [2.24, 2.45) is 5.41 Å². The van der Waals surface area contributed by atoms with Crippen LogP contribution < -0.4 is 5.32 Å². The van der Waals surface area contributed by atoms with Crippen LogP contribution in [0.4, 0.5) is 9.18 Å². The van der Waals surface area contributed by atoms with Crippen LogP contribution in [0.2, 0.25) is 0 Å². The summed E-state index contributed by atoms with van der Waals surface area (Å²) in [7, 11) is 1.71. The predicted molar refractivity (Wildman–Crippen MR) is 115 cm³/mol. The summed E-state index contributed by atoms with van der Waals surface area (Å²) in [6.45, 7) is 1.33. The normalized spacial score (nSPS) is 22.9. The molecule has 2 saturated carbocycles. The van der Waals surface area contributed by atoms with Crippen molar-refractivity contribution in [1.29, 1.82) is 0 Å². The number of carbonyl (C=O) groups is 1. The van der Waals surface area contributed by atoms with E-state index in [4.69, 9.17) is 4.74 Å². The summed E-state index contributed by atoms with van der Waals surface area (Å²) in [6, 6.07) is 15.3. The highest BCUT2D eigenvalue weighted by Crippen LogP contribution is 2.55. The van der Waals surface area contributed by atoms with Crippen molar-refractivity contribution in [1.82, 2.24) is 10.2 Å². The average Bonchev–Trinajstić information content (AvgIpc) is 3.67. The Bertz CT molecular complexity index is 937. The maximum atomic E-state index is 15.4. The van der Waals surface area contributed by atoms with Crippen LogP contribution in [0, 0.1) is 11.2 Å². The van der Waals surface area contributed by atoms with Gasteiger partial charge in [-0.2, -0.15) is 0 Å². The van der Waals surface area contributed by atoms with Crippen LogP contribution in [0.25, 0.3) is 11.1 Å². The highest BCUT2D eigenvalue weighted by Gasteiger charge is 2.53. The van der Waals surface area contributed by atoms with Crippen molar-refractivity contribution < 1.29 is 13.9 Å². The van der Waals surface area contributed by atoms with Gasteiger partial charge in [0.2, 0.25) is 0 Å². The molecular formula is C25H29FN2O2. The molecule has 3 fully saturated rings. The van der Waals surface area contributed by atoms with E-state index in [1.165, 1.54) is 12.8 Å². The minimum absolute atomic E-state index is 0.0331. The van der Waals surface area contributed by atoms with E-state index in [1.807, 2.05) is 53.4 Å². The molecule has 2 amide bonds. The second-order valence-corrected chi connectivity index (χ2v) is 9.38. The highest BCUT2D eigenvalue weighted by atomic mass is 19.1. The molecule has 2 aromatic rings. The lowest BCUT2D eigenvalue weighted by molar-refractivity contribution is 0.0794. The first-order chi connectivity index (χ1) is 14.5. The van der Waals surface area contributed by atoms with Gasteiger partial charge in [0, 0.05) is 31.8 Å². The molecule has 3 aliphatic rings. The quantitative estimate of drug-likeness (QED) is 0.748. The molecule has 5 heteroatoms. The molecule has 0 radical (unpaired) electrons. The van der Waals surface area contributed by atoms with E-state index in [2.05, 4.69) is 5.32 Å². The second-order valence-electron chi connectivity index (χ2n) is 9.38. The van der Waals surface area contributed by atoms with E-state index < -0.39 is 0 Å². The molecule has 1 atom stereocenters. The van der Waals surface area contributed by atoms with Gasteiger partial charge in [0.25, 0.3) is 0 Å². The third-order valence-electron chi connectivity index (χ3n) is 7.25. The van der Waals surface area contributed by atoms with E-state index in [9.17, 15) is 4.79 Å². The Morgan fingerprint density at radius 3 is 2.57 bits per heavy atom. The fraction of sp³-hybridized carbons (Fsp3) is 0.480. The topological polar surface area (TPSA) is 41.6 Å². The monoisotopic (exact) mass is 408 g/mol. The maximum Gasteiger partial charge on any atom is 0.317 e. The fourth-order valence-electron chi connectivity index (χ4n) is 4.89. The first kappa shape index (κ1) is 19.6. The molecule has 158 valence electrons. The van der Waals surface area contributed by atoms with Crippen molar-refractivity contribution in [2.75, 3.05) is 20.2 Å². The van der Waals surface area contributed by atoms with Crippen LogP contribution in [-0.2, 0) is 11.2 Å². The first-order valence-corrected chi connectivity index (χ1v) is 11.0. The molecule has 30 heavy (non-hydrogen) atoms. The summed E-state index contributed by atoms with van der Waals surface area (Å²) in [6.07, 6.45) is 5.84. The number of nitrogens with one attached hydrogen (secondary N) is 1. The zero-order valence-electron chi connectivity index (χ0n) is 17.5. The molecule has 1 heterocycles. The third-order valence-corrected chi connectivity index (χ3v) is 7.25. The number of carbonyl (C=O) groups excluding carboxylic acids is 1. The molecule has 1 aliphatic heterocycles. The lowest BCUT2D eigenvalue weighted by atomic mass is 9.95. The number of methoxy groups -OCH3 is 1. The number of urea groups is 1. The number of halogens is 1. The van der Waals surface area contributed by atoms with Gasteiger partial charge in [0.15, 0.2) is 0 Å². The number of hydrogen-bond acceptors (Lipinski definition) is 2. The Kier molecular flexibility index (Phi) is 4.81. The summed E-state index contributed by atoms with van der Waals surface area (Å²) in [5.74, 6) is -0.169. The summed E-state index contributed by atoms with van der Waals surface area (Å²) in [5, 5.41) is 3.08. The van der Waals surface area contributed by atoms with E-state index in [0.717, 1.165) is 31.4 Å². The molecule has 1 saturated heterocycles. The van der Waals surface area contributed by atoms with Gasteiger partial charge in [-0.05, 0) is 55.1 Å². The number of amides is 2. The smallest absolute Gasteiger partial charge is 0.317 e. The molecule has 0 bridgehead atoms. The largest absolute Gasteiger partial charge is 0.376 e. The Morgan fingerprint density at radius 2 is 1.90 bits per heavy atom. The van der Waals surface area contributed by atoms with Crippen LogP contribution in [-0.4, -0.2) is 42.8 Å². The number of likely N-dealkylation sites (tertiary alicyclic amines) is 1. The Balaban J connectivity index is 1.33. The average molecular weight is 409 g/mol. The Hall–Kier alpha value is -2.40. The third kappa shape index (κ3) is 3.71. The molecule has 1 N–H and O–H groups in total. The number of hydrogen-bond donors (Lipinski definition) is 1. The van der Waals surface area contributed by atoms with Gasteiger partial charge in [0.1, 0.15) is 5.82 Å². The van der Waals surface area contributed by atoms with Crippen LogP contribution in [0.5, 0.6) is 0 Å².